The van der Waals surface area contributed by atoms with Gasteiger partial charge in [-0.3, -0.25) is 0 Å². The van der Waals surface area contributed by atoms with Crippen LogP contribution in [0, 0.1) is 0 Å². The average Bonchev–Trinajstić information content (AvgIpc) is 2.31. The Labute approximate surface area is 94.2 Å². The molecule has 0 saturated carbocycles. The first kappa shape index (κ1) is 15.2. The highest BCUT2D eigenvalue weighted by molar-refractivity contribution is 6.69. The second-order valence-electron chi connectivity index (χ2n) is 3.34. The van der Waals surface area contributed by atoms with Crippen LogP contribution in [-0.2, 0) is 22.1 Å². The van der Waals surface area contributed by atoms with Crippen molar-refractivity contribution in [2.75, 3.05) is 35.5 Å². The van der Waals surface area contributed by atoms with Crippen LogP contribution in [0.25, 0.3) is 0 Å². The molecule has 0 N–H and O–H groups in total. The van der Waals surface area contributed by atoms with Gasteiger partial charge in [-0.2, -0.15) is 0 Å². The first-order valence-electron chi connectivity index (χ1n) is 4.77. The minimum absolute atomic E-state index is 0.709. The average molecular weight is 254 g/mol. The van der Waals surface area contributed by atoms with E-state index in [1.165, 1.54) is 0 Å². The van der Waals surface area contributed by atoms with Crippen molar-refractivity contribution in [2.24, 2.45) is 0 Å². The lowest BCUT2D eigenvalue weighted by atomic mass is 10.9. The van der Waals surface area contributed by atoms with Gasteiger partial charge < -0.3 is 22.1 Å². The minimum atomic E-state index is -2.48. The van der Waals surface area contributed by atoms with E-state index in [4.69, 9.17) is 22.1 Å². The molecule has 92 valence electrons. The predicted molar refractivity (Wildman–Crippen MR) is 62.0 cm³/mol. The molecule has 0 aliphatic heterocycles. The summed E-state index contributed by atoms with van der Waals surface area (Å²) < 4.78 is 26.8. The molecule has 0 spiro atoms. The summed E-state index contributed by atoms with van der Waals surface area (Å²) in [6.07, 6.45) is 0. The van der Waals surface area contributed by atoms with Gasteiger partial charge in [0.1, 0.15) is 0 Å². The molecule has 15 heavy (non-hydrogen) atoms. The van der Waals surface area contributed by atoms with Gasteiger partial charge in [0.15, 0.2) is 0 Å². The topological polar surface area (TPSA) is 46.2 Å². The van der Waals surface area contributed by atoms with E-state index >= 15 is 0 Å². The summed E-state index contributed by atoms with van der Waals surface area (Å²) in [6.45, 7) is 2.01. The van der Waals surface area contributed by atoms with Crippen molar-refractivity contribution in [2.45, 2.75) is 18.6 Å². The third-order valence-corrected chi connectivity index (χ3v) is 8.80. The van der Waals surface area contributed by atoms with Crippen LogP contribution in [0.2, 0.25) is 18.6 Å². The Bertz CT molecular complexity index is 162. The van der Waals surface area contributed by atoms with E-state index in [0.29, 0.717) is 6.04 Å². The first-order valence-corrected chi connectivity index (χ1v) is 9.22. The van der Waals surface area contributed by atoms with Gasteiger partial charge in [0.2, 0.25) is 0 Å². The molecular formula is C8H22O5Si2. The van der Waals surface area contributed by atoms with Crippen LogP contribution < -0.4 is 0 Å². The highest BCUT2D eigenvalue weighted by Gasteiger charge is 2.42. The van der Waals surface area contributed by atoms with Gasteiger partial charge in [0.05, 0.1) is 0 Å². The van der Waals surface area contributed by atoms with Crippen LogP contribution in [0.4, 0.5) is 0 Å². The fourth-order valence-corrected chi connectivity index (χ4v) is 5.95. The Morgan fingerprint density at radius 3 is 1.33 bits per heavy atom. The number of hydrogen-bond acceptors (Lipinski definition) is 5. The van der Waals surface area contributed by atoms with E-state index in [9.17, 15) is 0 Å². The normalized spacial score (nSPS) is 13.2. The zero-order valence-electron chi connectivity index (χ0n) is 10.5. The van der Waals surface area contributed by atoms with Crippen molar-refractivity contribution in [3.8, 4) is 0 Å². The highest BCUT2D eigenvalue weighted by atomic mass is 28.4. The van der Waals surface area contributed by atoms with E-state index in [1.807, 2.05) is 6.55 Å². The fraction of sp³-hybridized carbons (Fsp3) is 1.00. The molecule has 0 aromatic heterocycles. The molecule has 0 aromatic carbocycles. The largest absolute Gasteiger partial charge is 0.500 e. The maximum absolute atomic E-state index is 5.39. The second kappa shape index (κ2) is 6.74. The third kappa shape index (κ3) is 4.31. The molecule has 0 bridgehead atoms. The first-order chi connectivity index (χ1) is 7.01. The summed E-state index contributed by atoms with van der Waals surface area (Å²) in [5.41, 5.74) is 0. The molecule has 0 radical (unpaired) electrons. The molecule has 0 amide bonds. The predicted octanol–water partition coefficient (Wildman–Crippen LogP) is 1.23. The molecule has 0 rings (SSSR count). The third-order valence-electron chi connectivity index (χ3n) is 2.68. The van der Waals surface area contributed by atoms with Crippen molar-refractivity contribution < 1.29 is 22.1 Å². The second-order valence-corrected chi connectivity index (χ2v) is 10.0. The van der Waals surface area contributed by atoms with Gasteiger partial charge in [-0.05, 0) is 12.6 Å². The van der Waals surface area contributed by atoms with Crippen LogP contribution in [0.1, 0.15) is 0 Å². The standard InChI is InChI=1S/C8H22O5Si2/c1-9-14(6,10-2)7-8-15(11-3,12-4)13-5/h7-8H2,1-6H3. The highest BCUT2D eigenvalue weighted by Crippen LogP contribution is 2.22. The van der Waals surface area contributed by atoms with E-state index < -0.39 is 17.4 Å². The zero-order chi connectivity index (χ0) is 11.9. The summed E-state index contributed by atoms with van der Waals surface area (Å²) in [6, 6.07) is 1.50. The van der Waals surface area contributed by atoms with E-state index in [1.54, 1.807) is 35.5 Å². The van der Waals surface area contributed by atoms with Gasteiger partial charge in [-0.1, -0.05) is 0 Å². The lowest BCUT2D eigenvalue weighted by molar-refractivity contribution is 0.123. The van der Waals surface area contributed by atoms with Gasteiger partial charge in [0.25, 0.3) is 0 Å². The summed E-state index contributed by atoms with van der Waals surface area (Å²) >= 11 is 0. The van der Waals surface area contributed by atoms with Crippen molar-refractivity contribution in [3.63, 3.8) is 0 Å². The smallest absolute Gasteiger partial charge is 0.398 e. The minimum Gasteiger partial charge on any atom is -0.398 e. The molecule has 0 aliphatic carbocycles. The Morgan fingerprint density at radius 2 is 1.07 bits per heavy atom. The van der Waals surface area contributed by atoms with Gasteiger partial charge in [-0.25, -0.2) is 0 Å². The number of rotatable bonds is 8. The molecule has 7 heteroatoms. The molecule has 0 heterocycles. The molecule has 0 aromatic rings. The van der Waals surface area contributed by atoms with E-state index in [0.717, 1.165) is 6.04 Å². The maximum atomic E-state index is 5.39. The van der Waals surface area contributed by atoms with Crippen LogP contribution in [-0.4, -0.2) is 52.9 Å². The molecule has 0 unspecified atom stereocenters. The molecule has 0 fully saturated rings. The maximum Gasteiger partial charge on any atom is 0.500 e. The number of hydrogen-bond donors (Lipinski definition) is 0. The molecular weight excluding hydrogens is 232 g/mol. The Balaban J connectivity index is 4.32. The summed E-state index contributed by atoms with van der Waals surface area (Å²) in [4.78, 5) is 0. The van der Waals surface area contributed by atoms with Crippen LogP contribution in [0.15, 0.2) is 0 Å². The zero-order valence-corrected chi connectivity index (χ0v) is 12.5. The van der Waals surface area contributed by atoms with Crippen molar-refractivity contribution in [1.82, 2.24) is 0 Å². The van der Waals surface area contributed by atoms with Crippen LogP contribution in [0.3, 0.4) is 0 Å². The Kier molecular flexibility index (Phi) is 6.84. The molecule has 5 nitrogen and oxygen atoms in total. The van der Waals surface area contributed by atoms with Crippen molar-refractivity contribution in [1.29, 1.82) is 0 Å². The lowest BCUT2D eigenvalue weighted by Crippen LogP contribution is -2.46. The summed E-state index contributed by atoms with van der Waals surface area (Å²) in [5.74, 6) is 0. The summed E-state index contributed by atoms with van der Waals surface area (Å²) in [7, 11) is 3.62. The van der Waals surface area contributed by atoms with Gasteiger partial charge >= 0.3 is 17.4 Å². The van der Waals surface area contributed by atoms with E-state index in [-0.39, 0.29) is 0 Å². The monoisotopic (exact) mass is 254 g/mol. The van der Waals surface area contributed by atoms with Crippen molar-refractivity contribution >= 4 is 17.4 Å². The fourth-order valence-electron chi connectivity index (χ4n) is 1.22. The summed E-state index contributed by atoms with van der Waals surface area (Å²) in [5, 5.41) is 0. The SMILES string of the molecule is CO[Si](C)(CC[Si](OC)(OC)OC)OC. The van der Waals surface area contributed by atoms with E-state index in [2.05, 4.69) is 0 Å². The lowest BCUT2D eigenvalue weighted by Gasteiger charge is -2.28. The van der Waals surface area contributed by atoms with Crippen molar-refractivity contribution in [3.05, 3.63) is 0 Å². The van der Waals surface area contributed by atoms with Crippen LogP contribution >= 0.6 is 0 Å². The molecule has 0 aliphatic rings. The Hall–Kier alpha value is 0.234. The molecule has 0 atom stereocenters. The van der Waals surface area contributed by atoms with Gasteiger partial charge in [0, 0.05) is 41.6 Å². The molecule has 0 saturated heterocycles. The van der Waals surface area contributed by atoms with Gasteiger partial charge in [-0.15, -0.1) is 0 Å². The quantitative estimate of drug-likeness (QED) is 0.610. The Morgan fingerprint density at radius 1 is 0.667 bits per heavy atom. The van der Waals surface area contributed by atoms with Crippen LogP contribution in [0.5, 0.6) is 0 Å².